The van der Waals surface area contributed by atoms with Crippen molar-refractivity contribution >= 4 is 58.6 Å². The van der Waals surface area contributed by atoms with Crippen molar-refractivity contribution in [3.05, 3.63) is 43.1 Å². The van der Waals surface area contributed by atoms with E-state index in [0.717, 1.165) is 12.1 Å². The molecule has 0 radical (unpaired) electrons. The lowest BCUT2D eigenvalue weighted by Crippen LogP contribution is -2.40. The van der Waals surface area contributed by atoms with Crippen LogP contribution in [0, 0.1) is 25.4 Å². The monoisotopic (exact) mass is 473 g/mol. The number of carbonyl (C=O) groups excluding carboxylic acids is 1. The first kappa shape index (κ1) is 27.1. The van der Waals surface area contributed by atoms with E-state index in [2.05, 4.69) is 5.32 Å². The molecule has 1 N–H and O–H groups in total. The number of rotatable bonds is 11. The highest BCUT2D eigenvalue weighted by Crippen LogP contribution is 2.35. The smallest absolute Gasteiger partial charge is 0.299 e. The molecule has 0 atom stereocenters. The van der Waals surface area contributed by atoms with Crippen molar-refractivity contribution in [2.45, 2.75) is 0 Å². The van der Waals surface area contributed by atoms with Crippen LogP contribution in [0.5, 0.6) is 0 Å². The van der Waals surface area contributed by atoms with E-state index in [9.17, 15) is 30.2 Å². The SMILES string of the molecule is C[N+](C)([O-])CCNC(=O)c1cc(N(CCCl)CCCl)c([N+](=O)[O-])cc1[N+](=O)[O-].Cl. The van der Waals surface area contributed by atoms with E-state index in [0.29, 0.717) is 0 Å². The Balaban J connectivity index is 0.00000784. The molecule has 0 saturated carbocycles. The predicted molar refractivity (Wildman–Crippen MR) is 113 cm³/mol. The predicted octanol–water partition coefficient (Wildman–Crippen LogP) is 2.51. The number of nitrogens with zero attached hydrogens (tertiary/aromatic N) is 4. The molecule has 1 amide bonds. The summed E-state index contributed by atoms with van der Waals surface area (Å²) in [6, 6.07) is 1.83. The normalized spacial score (nSPS) is 10.8. The van der Waals surface area contributed by atoms with Gasteiger partial charge in [-0.3, -0.25) is 25.0 Å². The molecule has 0 heterocycles. The quantitative estimate of drug-likeness (QED) is 0.225. The van der Waals surface area contributed by atoms with Gasteiger partial charge >= 0.3 is 0 Å². The molecule has 0 fully saturated rings. The van der Waals surface area contributed by atoms with Gasteiger partial charge in [-0.1, -0.05) is 0 Å². The second-order valence-corrected chi connectivity index (χ2v) is 7.05. The molecule has 14 heteroatoms. The fourth-order valence-electron chi connectivity index (χ4n) is 2.39. The van der Waals surface area contributed by atoms with E-state index in [1.165, 1.54) is 19.0 Å². The zero-order valence-electron chi connectivity index (χ0n) is 15.8. The standard InChI is InChI=1S/C15H21Cl2N5O6.ClH/c1-22(2,28)8-5-18-15(23)11-9-13(19(6-3-16)7-4-17)14(21(26)27)10-12(11)20(24)25;/h9-10H,3-8H2,1-2H3,(H,18,23);1H. The summed E-state index contributed by atoms with van der Waals surface area (Å²) in [7, 11) is 2.77. The summed E-state index contributed by atoms with van der Waals surface area (Å²) < 4.78 is -0.660. The first-order chi connectivity index (χ1) is 13.0. The molecule has 0 aliphatic rings. The lowest BCUT2D eigenvalue weighted by atomic mass is 10.1. The summed E-state index contributed by atoms with van der Waals surface area (Å²) in [6.07, 6.45) is 0. The number of nitrogens with one attached hydrogen (secondary N) is 1. The van der Waals surface area contributed by atoms with Crippen molar-refractivity contribution in [3.63, 3.8) is 0 Å². The topological polar surface area (TPSA) is 142 Å². The number of benzene rings is 1. The molecule has 0 bridgehead atoms. The van der Waals surface area contributed by atoms with Gasteiger partial charge in [-0.05, 0) is 6.07 Å². The average Bonchev–Trinajstić information content (AvgIpc) is 2.59. The van der Waals surface area contributed by atoms with Crippen LogP contribution in [0.25, 0.3) is 0 Å². The summed E-state index contributed by atoms with van der Waals surface area (Å²) in [6.45, 7) is 0.404. The van der Waals surface area contributed by atoms with E-state index in [1.807, 2.05) is 0 Å². The Morgan fingerprint density at radius 3 is 2.03 bits per heavy atom. The van der Waals surface area contributed by atoms with Crippen LogP contribution in [-0.4, -0.2) is 72.4 Å². The Labute approximate surface area is 183 Å². The summed E-state index contributed by atoms with van der Waals surface area (Å²) in [5, 5.41) is 36.8. The number of hydrogen-bond donors (Lipinski definition) is 1. The third-order valence-corrected chi connectivity index (χ3v) is 4.05. The Kier molecular flexibility index (Phi) is 11.1. The summed E-state index contributed by atoms with van der Waals surface area (Å²) in [4.78, 5) is 35.1. The van der Waals surface area contributed by atoms with E-state index < -0.39 is 31.8 Å². The van der Waals surface area contributed by atoms with Gasteiger partial charge in [0.25, 0.3) is 17.3 Å². The number of likely N-dealkylation sites (N-methyl/N-ethyl adjacent to an activating group) is 1. The first-order valence-electron chi connectivity index (χ1n) is 8.17. The molecular formula is C15H22Cl3N5O6. The van der Waals surface area contributed by atoms with Crippen molar-refractivity contribution in [2.75, 3.05) is 56.9 Å². The molecule has 11 nitrogen and oxygen atoms in total. The van der Waals surface area contributed by atoms with Gasteiger partial charge in [-0.2, -0.15) is 0 Å². The fraction of sp³-hybridized carbons (Fsp3) is 0.533. The highest BCUT2D eigenvalue weighted by atomic mass is 35.5. The lowest BCUT2D eigenvalue weighted by Gasteiger charge is -2.33. The Hall–Kier alpha value is -1.92. The minimum absolute atomic E-state index is 0. The van der Waals surface area contributed by atoms with Crippen molar-refractivity contribution in [2.24, 2.45) is 0 Å². The maximum Gasteiger partial charge on any atom is 0.299 e. The van der Waals surface area contributed by atoms with Crippen LogP contribution in [0.2, 0.25) is 0 Å². The van der Waals surface area contributed by atoms with Gasteiger partial charge in [0.15, 0.2) is 0 Å². The third-order valence-electron chi connectivity index (χ3n) is 3.72. The molecule has 0 aliphatic heterocycles. The number of amides is 1. The van der Waals surface area contributed by atoms with Gasteiger partial charge in [0.2, 0.25) is 0 Å². The zero-order valence-corrected chi connectivity index (χ0v) is 18.1. The first-order valence-corrected chi connectivity index (χ1v) is 9.24. The minimum Gasteiger partial charge on any atom is -0.633 e. The second-order valence-electron chi connectivity index (χ2n) is 6.29. The molecule has 1 aromatic rings. The second kappa shape index (κ2) is 11.9. The van der Waals surface area contributed by atoms with Gasteiger partial charge in [-0.15, -0.1) is 35.6 Å². The summed E-state index contributed by atoms with van der Waals surface area (Å²) in [5.74, 6) is -0.556. The highest BCUT2D eigenvalue weighted by Gasteiger charge is 2.30. The molecule has 0 aliphatic carbocycles. The number of carbonyl (C=O) groups is 1. The number of nitro groups is 2. The Morgan fingerprint density at radius 1 is 1.10 bits per heavy atom. The largest absolute Gasteiger partial charge is 0.633 e. The number of quaternary nitrogens is 1. The highest BCUT2D eigenvalue weighted by molar-refractivity contribution is 6.18. The van der Waals surface area contributed by atoms with E-state index in [1.54, 1.807) is 0 Å². The van der Waals surface area contributed by atoms with Crippen molar-refractivity contribution in [3.8, 4) is 0 Å². The van der Waals surface area contributed by atoms with Crippen LogP contribution in [0.15, 0.2) is 12.1 Å². The number of anilines is 1. The summed E-state index contributed by atoms with van der Waals surface area (Å²) >= 11 is 11.5. The molecule has 29 heavy (non-hydrogen) atoms. The maximum atomic E-state index is 12.5. The van der Waals surface area contributed by atoms with Crippen LogP contribution < -0.4 is 10.2 Å². The Bertz CT molecular complexity index is 738. The van der Waals surface area contributed by atoms with Crippen LogP contribution in [0.3, 0.4) is 0 Å². The molecular weight excluding hydrogens is 453 g/mol. The van der Waals surface area contributed by atoms with Crippen LogP contribution >= 0.6 is 35.6 Å². The molecule has 0 saturated heterocycles. The van der Waals surface area contributed by atoms with Crippen molar-refractivity contribution in [1.82, 2.24) is 5.32 Å². The zero-order chi connectivity index (χ0) is 21.5. The average molecular weight is 475 g/mol. The van der Waals surface area contributed by atoms with Gasteiger partial charge in [0.05, 0.1) is 43.1 Å². The molecule has 0 spiro atoms. The number of halogens is 3. The van der Waals surface area contributed by atoms with Gasteiger partial charge in [0, 0.05) is 24.8 Å². The van der Waals surface area contributed by atoms with Crippen LogP contribution in [-0.2, 0) is 0 Å². The van der Waals surface area contributed by atoms with E-state index in [-0.39, 0.29) is 61.6 Å². The molecule has 164 valence electrons. The van der Waals surface area contributed by atoms with Crippen molar-refractivity contribution in [1.29, 1.82) is 0 Å². The van der Waals surface area contributed by atoms with Crippen LogP contribution in [0.4, 0.5) is 17.1 Å². The van der Waals surface area contributed by atoms with Gasteiger partial charge in [0.1, 0.15) is 11.3 Å². The molecule has 0 unspecified atom stereocenters. The molecule has 1 rings (SSSR count). The number of hydroxylamine groups is 3. The van der Waals surface area contributed by atoms with Gasteiger partial charge < -0.3 is 20.1 Å². The van der Waals surface area contributed by atoms with E-state index >= 15 is 0 Å². The minimum atomic E-state index is -0.868. The van der Waals surface area contributed by atoms with Gasteiger partial charge in [-0.25, -0.2) is 0 Å². The maximum absolute atomic E-state index is 12.5. The molecule has 1 aromatic carbocycles. The number of nitro benzene ring substituents is 2. The number of hydrogen-bond acceptors (Lipinski definition) is 7. The Morgan fingerprint density at radius 2 is 1.62 bits per heavy atom. The lowest BCUT2D eigenvalue weighted by molar-refractivity contribution is -0.838. The molecule has 0 aromatic heterocycles. The van der Waals surface area contributed by atoms with Crippen LogP contribution in [0.1, 0.15) is 10.4 Å². The number of alkyl halides is 2. The van der Waals surface area contributed by atoms with E-state index in [4.69, 9.17) is 23.2 Å². The summed E-state index contributed by atoms with van der Waals surface area (Å²) in [5.41, 5.74) is -1.59. The third kappa shape index (κ3) is 8.15. The van der Waals surface area contributed by atoms with Crippen molar-refractivity contribution < 1.29 is 19.3 Å². The fourth-order valence-corrected chi connectivity index (χ4v) is 2.80.